The first-order chi connectivity index (χ1) is 7.00. The maximum absolute atomic E-state index is 13.1. The third-order valence-electron chi connectivity index (χ3n) is 1.80. The van der Waals surface area contributed by atoms with Crippen molar-refractivity contribution in [2.45, 2.75) is 20.5 Å². The molecule has 4 heteroatoms. The molecule has 0 aliphatic carbocycles. The van der Waals surface area contributed by atoms with Crippen LogP contribution in [0.15, 0.2) is 12.1 Å². The van der Waals surface area contributed by atoms with Crippen molar-refractivity contribution in [3.8, 4) is 0 Å². The molecule has 0 heterocycles. The molecule has 1 rings (SSSR count). The zero-order valence-corrected chi connectivity index (χ0v) is 8.69. The minimum Gasteiger partial charge on any atom is -0.376 e. The van der Waals surface area contributed by atoms with Crippen molar-refractivity contribution in [2.24, 2.45) is 5.92 Å². The lowest BCUT2D eigenvalue weighted by Crippen LogP contribution is -2.04. The maximum atomic E-state index is 13.1. The smallest absolute Gasteiger partial charge is 0.161 e. The minimum absolute atomic E-state index is 0.0366. The van der Waals surface area contributed by atoms with Crippen molar-refractivity contribution in [1.29, 1.82) is 0 Å². The van der Waals surface area contributed by atoms with E-state index in [4.69, 9.17) is 4.74 Å². The largest absolute Gasteiger partial charge is 0.376 e. The summed E-state index contributed by atoms with van der Waals surface area (Å²) >= 11 is 0. The van der Waals surface area contributed by atoms with Crippen molar-refractivity contribution >= 4 is 0 Å². The van der Waals surface area contributed by atoms with Crippen molar-refractivity contribution in [3.05, 3.63) is 35.1 Å². The van der Waals surface area contributed by atoms with Gasteiger partial charge in [0.1, 0.15) is 5.82 Å². The molecular formula is C11H13F3O. The van der Waals surface area contributed by atoms with Gasteiger partial charge < -0.3 is 4.74 Å². The summed E-state index contributed by atoms with van der Waals surface area (Å²) < 4.78 is 43.5. The number of benzene rings is 1. The molecule has 0 spiro atoms. The standard InChI is InChI=1S/C11H13F3O/c1-7(2)5-15-6-8-3-10(13)11(14)4-9(8)12/h3-4,7H,5-6H2,1-2H3. The van der Waals surface area contributed by atoms with Gasteiger partial charge in [0.2, 0.25) is 0 Å². The lowest BCUT2D eigenvalue weighted by Gasteiger charge is -2.07. The summed E-state index contributed by atoms with van der Waals surface area (Å²) in [4.78, 5) is 0. The van der Waals surface area contributed by atoms with Gasteiger partial charge in [-0.25, -0.2) is 13.2 Å². The highest BCUT2D eigenvalue weighted by Crippen LogP contribution is 2.14. The molecule has 0 bridgehead atoms. The summed E-state index contributed by atoms with van der Waals surface area (Å²) in [6, 6.07) is 1.36. The van der Waals surface area contributed by atoms with Gasteiger partial charge >= 0.3 is 0 Å². The molecule has 15 heavy (non-hydrogen) atoms. The molecule has 1 nitrogen and oxygen atoms in total. The van der Waals surface area contributed by atoms with Crippen LogP contribution in [0.2, 0.25) is 0 Å². The van der Waals surface area contributed by atoms with Gasteiger partial charge in [0, 0.05) is 18.2 Å². The van der Waals surface area contributed by atoms with Crippen molar-refractivity contribution in [1.82, 2.24) is 0 Å². The van der Waals surface area contributed by atoms with E-state index in [2.05, 4.69) is 0 Å². The Morgan fingerprint density at radius 3 is 2.27 bits per heavy atom. The number of hydrogen-bond donors (Lipinski definition) is 0. The van der Waals surface area contributed by atoms with Gasteiger partial charge in [-0.1, -0.05) is 13.8 Å². The second kappa shape index (κ2) is 5.16. The highest BCUT2D eigenvalue weighted by molar-refractivity contribution is 5.19. The fraction of sp³-hybridized carbons (Fsp3) is 0.455. The quantitative estimate of drug-likeness (QED) is 0.705. The monoisotopic (exact) mass is 218 g/mol. The van der Waals surface area contributed by atoms with Gasteiger partial charge in [-0.15, -0.1) is 0 Å². The second-order valence-electron chi connectivity index (χ2n) is 3.77. The first-order valence-corrected chi connectivity index (χ1v) is 4.72. The molecule has 1 aromatic rings. The third kappa shape index (κ3) is 3.55. The lowest BCUT2D eigenvalue weighted by atomic mass is 10.2. The highest BCUT2D eigenvalue weighted by Gasteiger charge is 2.09. The van der Waals surface area contributed by atoms with Crippen LogP contribution in [0.3, 0.4) is 0 Å². The van der Waals surface area contributed by atoms with E-state index in [-0.39, 0.29) is 12.2 Å². The van der Waals surface area contributed by atoms with Crippen LogP contribution in [0.25, 0.3) is 0 Å². The maximum Gasteiger partial charge on any atom is 0.161 e. The Bertz CT molecular complexity index is 337. The van der Waals surface area contributed by atoms with Crippen LogP contribution in [-0.2, 0) is 11.3 Å². The Balaban J connectivity index is 2.65. The molecule has 0 N–H and O–H groups in total. The van der Waals surface area contributed by atoms with E-state index >= 15 is 0 Å². The predicted molar refractivity (Wildman–Crippen MR) is 50.8 cm³/mol. The first kappa shape index (κ1) is 12.0. The van der Waals surface area contributed by atoms with E-state index in [0.29, 0.717) is 18.6 Å². The molecule has 0 atom stereocenters. The van der Waals surface area contributed by atoms with Gasteiger partial charge in [-0.3, -0.25) is 0 Å². The molecule has 0 saturated heterocycles. The Morgan fingerprint density at radius 1 is 1.07 bits per heavy atom. The zero-order valence-electron chi connectivity index (χ0n) is 8.69. The fourth-order valence-corrected chi connectivity index (χ4v) is 1.08. The first-order valence-electron chi connectivity index (χ1n) is 4.72. The summed E-state index contributed by atoms with van der Waals surface area (Å²) in [6.45, 7) is 4.31. The van der Waals surface area contributed by atoms with E-state index in [9.17, 15) is 13.2 Å². The molecule has 0 aromatic heterocycles. The molecular weight excluding hydrogens is 205 g/mol. The average Bonchev–Trinajstić information content (AvgIpc) is 2.13. The van der Waals surface area contributed by atoms with Crippen LogP contribution in [-0.4, -0.2) is 6.61 Å². The number of ether oxygens (including phenoxy) is 1. The highest BCUT2D eigenvalue weighted by atomic mass is 19.2. The molecule has 0 amide bonds. The predicted octanol–water partition coefficient (Wildman–Crippen LogP) is 3.28. The summed E-state index contributed by atoms with van der Waals surface area (Å²) in [5.41, 5.74) is 0.0366. The van der Waals surface area contributed by atoms with Crippen molar-refractivity contribution in [2.75, 3.05) is 6.61 Å². The fourth-order valence-electron chi connectivity index (χ4n) is 1.08. The Labute approximate surface area is 86.9 Å². The Hall–Kier alpha value is -1.03. The Morgan fingerprint density at radius 2 is 1.67 bits per heavy atom. The minimum atomic E-state index is -1.18. The summed E-state index contributed by atoms with van der Waals surface area (Å²) in [5.74, 6) is -2.70. The number of halogens is 3. The molecule has 84 valence electrons. The van der Waals surface area contributed by atoms with Gasteiger partial charge in [0.25, 0.3) is 0 Å². The molecule has 0 radical (unpaired) electrons. The summed E-state index contributed by atoms with van der Waals surface area (Å²) in [6.07, 6.45) is 0. The molecule has 0 saturated carbocycles. The van der Waals surface area contributed by atoms with Crippen LogP contribution in [0, 0.1) is 23.4 Å². The van der Waals surface area contributed by atoms with Gasteiger partial charge in [-0.05, 0) is 12.0 Å². The lowest BCUT2D eigenvalue weighted by molar-refractivity contribution is 0.0947. The number of hydrogen-bond acceptors (Lipinski definition) is 1. The molecule has 0 unspecified atom stereocenters. The van der Waals surface area contributed by atoms with Crippen LogP contribution < -0.4 is 0 Å². The normalized spacial score (nSPS) is 11.1. The van der Waals surface area contributed by atoms with E-state index in [1.165, 1.54) is 0 Å². The summed E-state index contributed by atoms with van der Waals surface area (Å²) in [5, 5.41) is 0. The second-order valence-corrected chi connectivity index (χ2v) is 3.77. The van der Waals surface area contributed by atoms with E-state index in [1.54, 1.807) is 0 Å². The SMILES string of the molecule is CC(C)COCc1cc(F)c(F)cc1F. The van der Waals surface area contributed by atoms with Crippen LogP contribution in [0.4, 0.5) is 13.2 Å². The van der Waals surface area contributed by atoms with Gasteiger partial charge in [0.05, 0.1) is 6.61 Å². The average molecular weight is 218 g/mol. The molecule has 0 aliphatic rings. The molecule has 0 aliphatic heterocycles. The van der Waals surface area contributed by atoms with Crippen LogP contribution in [0.5, 0.6) is 0 Å². The zero-order chi connectivity index (χ0) is 11.4. The third-order valence-corrected chi connectivity index (χ3v) is 1.80. The molecule has 0 fully saturated rings. The Kier molecular flexibility index (Phi) is 4.15. The van der Waals surface area contributed by atoms with Crippen molar-refractivity contribution in [3.63, 3.8) is 0 Å². The van der Waals surface area contributed by atoms with Crippen molar-refractivity contribution < 1.29 is 17.9 Å². The van der Waals surface area contributed by atoms with E-state index in [1.807, 2.05) is 13.8 Å². The van der Waals surface area contributed by atoms with Crippen LogP contribution >= 0.6 is 0 Å². The number of rotatable bonds is 4. The molecule has 1 aromatic carbocycles. The van der Waals surface area contributed by atoms with Crippen LogP contribution in [0.1, 0.15) is 19.4 Å². The van der Waals surface area contributed by atoms with E-state index in [0.717, 1.165) is 6.07 Å². The topological polar surface area (TPSA) is 9.23 Å². The summed E-state index contributed by atoms with van der Waals surface area (Å²) in [7, 11) is 0. The van der Waals surface area contributed by atoms with Gasteiger partial charge in [-0.2, -0.15) is 0 Å². The van der Waals surface area contributed by atoms with E-state index < -0.39 is 17.5 Å². The van der Waals surface area contributed by atoms with Gasteiger partial charge in [0.15, 0.2) is 11.6 Å².